The van der Waals surface area contributed by atoms with Gasteiger partial charge in [0.1, 0.15) is 24.0 Å². The van der Waals surface area contributed by atoms with Crippen LogP contribution in [0, 0.1) is 0 Å². The summed E-state index contributed by atoms with van der Waals surface area (Å²) in [5.74, 6) is -4.20. The van der Waals surface area contributed by atoms with Crippen LogP contribution in [0.4, 0.5) is 30.7 Å². The van der Waals surface area contributed by atoms with Crippen LogP contribution in [-0.4, -0.2) is 68.8 Å². The van der Waals surface area contributed by atoms with Gasteiger partial charge in [-0.15, -0.1) is 11.8 Å². The Kier molecular flexibility index (Phi) is 11.3. The number of aromatic nitrogens is 3. The molecule has 0 spiro atoms. The van der Waals surface area contributed by atoms with Crippen molar-refractivity contribution in [3.8, 4) is 5.75 Å². The van der Waals surface area contributed by atoms with Crippen molar-refractivity contribution in [2.45, 2.75) is 54.4 Å². The molecule has 0 unspecified atom stereocenters. The molecule has 1 N–H and O–H groups in total. The summed E-state index contributed by atoms with van der Waals surface area (Å²) in [6, 6.07) is 10.3. The quantitative estimate of drug-likeness (QED) is 0.164. The van der Waals surface area contributed by atoms with Gasteiger partial charge in [-0.1, -0.05) is 49.4 Å². The van der Waals surface area contributed by atoms with Gasteiger partial charge >= 0.3 is 18.5 Å². The molecule has 7 nitrogen and oxygen atoms in total. The van der Waals surface area contributed by atoms with Gasteiger partial charge in [0.15, 0.2) is 12.9 Å². The van der Waals surface area contributed by atoms with E-state index >= 15 is 0 Å². The molecule has 45 heavy (non-hydrogen) atoms. The Bertz CT molecular complexity index is 1400. The van der Waals surface area contributed by atoms with E-state index in [-0.39, 0.29) is 30.8 Å². The number of allylic oxidation sites excluding steroid dienone is 2. The minimum atomic E-state index is -4.51. The SMILES string of the molecule is C[C@@H](SC1COC(C=CC=Cc2ccc(OCC(F)(F)C(F)F)cc2)OC1)[C@](O)(Cn1cncn1)c1ccc(C(F)(F)F)cc1. The number of rotatable bonds is 13. The van der Waals surface area contributed by atoms with Gasteiger partial charge in [-0.3, -0.25) is 0 Å². The minimum absolute atomic E-state index is 0.0324. The first-order chi connectivity index (χ1) is 21.3. The molecule has 15 heteroatoms. The van der Waals surface area contributed by atoms with E-state index in [9.17, 15) is 35.8 Å². The monoisotopic (exact) mass is 661 g/mol. The lowest BCUT2D eigenvalue weighted by Gasteiger charge is -2.37. The van der Waals surface area contributed by atoms with Crippen molar-refractivity contribution >= 4 is 17.8 Å². The lowest BCUT2D eigenvalue weighted by Crippen LogP contribution is -2.43. The molecule has 1 saturated heterocycles. The van der Waals surface area contributed by atoms with Crippen molar-refractivity contribution < 1.29 is 50.1 Å². The zero-order chi connectivity index (χ0) is 32.7. The first-order valence-electron chi connectivity index (χ1n) is 13.6. The lowest BCUT2D eigenvalue weighted by atomic mass is 9.90. The number of benzene rings is 2. The second-order valence-electron chi connectivity index (χ2n) is 10.2. The average Bonchev–Trinajstić information content (AvgIpc) is 3.52. The van der Waals surface area contributed by atoms with Gasteiger partial charge in [0.25, 0.3) is 0 Å². The van der Waals surface area contributed by atoms with Crippen LogP contribution >= 0.6 is 11.8 Å². The van der Waals surface area contributed by atoms with Gasteiger partial charge < -0.3 is 19.3 Å². The van der Waals surface area contributed by atoms with Gasteiger partial charge in [0, 0.05) is 5.25 Å². The minimum Gasteiger partial charge on any atom is -0.487 e. The summed E-state index contributed by atoms with van der Waals surface area (Å²) in [4.78, 5) is 3.89. The topological polar surface area (TPSA) is 78.6 Å². The molecule has 0 bridgehead atoms. The number of alkyl halides is 7. The maximum Gasteiger partial charge on any atom is 0.416 e. The summed E-state index contributed by atoms with van der Waals surface area (Å²) in [6.45, 7) is 0.875. The Balaban J connectivity index is 1.29. The Morgan fingerprint density at radius 2 is 1.64 bits per heavy atom. The van der Waals surface area contributed by atoms with E-state index in [4.69, 9.17) is 14.2 Å². The third kappa shape index (κ3) is 9.55. The van der Waals surface area contributed by atoms with Crippen LogP contribution in [0.25, 0.3) is 6.08 Å². The number of nitrogens with zero attached hydrogens (tertiary/aromatic N) is 3. The molecule has 1 fully saturated rings. The second kappa shape index (κ2) is 14.8. The fraction of sp³-hybridized carbons (Fsp3) is 0.400. The number of thioether (sulfide) groups is 1. The van der Waals surface area contributed by atoms with Gasteiger partial charge in [-0.2, -0.15) is 27.1 Å². The van der Waals surface area contributed by atoms with E-state index in [1.807, 2.05) is 0 Å². The fourth-order valence-corrected chi connectivity index (χ4v) is 5.62. The number of aliphatic hydroxyl groups is 1. The van der Waals surface area contributed by atoms with Crippen molar-refractivity contribution in [2.75, 3.05) is 19.8 Å². The Morgan fingerprint density at radius 1 is 1.00 bits per heavy atom. The number of halogens is 7. The van der Waals surface area contributed by atoms with Crippen LogP contribution in [0.1, 0.15) is 23.6 Å². The standard InChI is InChI=1S/C30H30F7N3O4S/c1-20(28(41,16-40-19-38-18-39-40)22-8-10-23(11-9-22)30(35,36)37)45-25-14-42-26(43-15-25)5-3-2-4-21-6-12-24(13-7-21)44-17-29(33,34)27(31)32/h2-13,18-20,25-27,41H,14-17H2,1H3/t20-,25?,26?,28-/m1/s1. The highest BCUT2D eigenvalue weighted by molar-refractivity contribution is 8.00. The fourth-order valence-electron chi connectivity index (χ4n) is 4.29. The van der Waals surface area contributed by atoms with Crippen molar-refractivity contribution in [1.82, 2.24) is 14.8 Å². The zero-order valence-electron chi connectivity index (χ0n) is 23.8. The first-order valence-corrected chi connectivity index (χ1v) is 14.6. The number of ether oxygens (including phenoxy) is 3. The summed E-state index contributed by atoms with van der Waals surface area (Å²) < 4.78 is 108. The normalized spacial score (nSPS) is 20.1. The molecule has 0 radical (unpaired) electrons. The van der Waals surface area contributed by atoms with Crippen molar-refractivity contribution in [1.29, 1.82) is 0 Å². The third-order valence-electron chi connectivity index (χ3n) is 6.84. The van der Waals surface area contributed by atoms with E-state index in [1.54, 1.807) is 43.4 Å². The molecule has 4 rings (SSSR count). The second-order valence-corrected chi connectivity index (χ2v) is 11.8. The molecule has 244 valence electrons. The molecule has 0 aliphatic carbocycles. The van der Waals surface area contributed by atoms with Gasteiger partial charge in [0.05, 0.1) is 30.6 Å². The lowest BCUT2D eigenvalue weighted by molar-refractivity contribution is -0.148. The Labute approximate surface area is 258 Å². The maximum atomic E-state index is 13.1. The average molecular weight is 662 g/mol. The Morgan fingerprint density at radius 3 is 2.22 bits per heavy atom. The summed E-state index contributed by atoms with van der Waals surface area (Å²) >= 11 is 1.38. The molecule has 1 aliphatic heterocycles. The maximum absolute atomic E-state index is 13.1. The van der Waals surface area contributed by atoms with Gasteiger partial charge in [-0.05, 0) is 41.5 Å². The zero-order valence-corrected chi connectivity index (χ0v) is 24.6. The molecule has 1 aromatic heterocycles. The molecule has 0 amide bonds. The highest BCUT2D eigenvalue weighted by Gasteiger charge is 2.42. The third-order valence-corrected chi connectivity index (χ3v) is 8.30. The largest absolute Gasteiger partial charge is 0.487 e. The molecule has 0 saturated carbocycles. The van der Waals surface area contributed by atoms with E-state index in [0.717, 1.165) is 12.1 Å². The predicted octanol–water partition coefficient (Wildman–Crippen LogP) is 6.60. The summed E-state index contributed by atoms with van der Waals surface area (Å²) in [5.41, 5.74) is -1.41. The number of hydrogen-bond acceptors (Lipinski definition) is 7. The Hall–Kier alpha value is -3.40. The van der Waals surface area contributed by atoms with Crippen molar-refractivity contribution in [3.63, 3.8) is 0 Å². The van der Waals surface area contributed by atoms with Crippen molar-refractivity contribution in [3.05, 3.63) is 96.1 Å². The van der Waals surface area contributed by atoms with E-state index in [2.05, 4.69) is 10.1 Å². The van der Waals surface area contributed by atoms with E-state index < -0.39 is 47.8 Å². The van der Waals surface area contributed by atoms with Crippen LogP contribution in [-0.2, 0) is 27.8 Å². The van der Waals surface area contributed by atoms with Crippen LogP contribution < -0.4 is 4.74 Å². The summed E-state index contributed by atoms with van der Waals surface area (Å²) in [7, 11) is 0. The predicted molar refractivity (Wildman–Crippen MR) is 153 cm³/mol. The highest BCUT2D eigenvalue weighted by Crippen LogP contribution is 2.39. The van der Waals surface area contributed by atoms with E-state index in [0.29, 0.717) is 11.1 Å². The molecule has 2 heterocycles. The summed E-state index contributed by atoms with van der Waals surface area (Å²) in [6.07, 6.45) is 0.538. The van der Waals surface area contributed by atoms with Crippen LogP contribution in [0.5, 0.6) is 5.75 Å². The highest BCUT2D eigenvalue weighted by atomic mass is 32.2. The van der Waals surface area contributed by atoms with E-state index in [1.165, 1.54) is 53.4 Å². The summed E-state index contributed by atoms with van der Waals surface area (Å²) in [5, 5.41) is 15.1. The molecule has 1 aliphatic rings. The van der Waals surface area contributed by atoms with Crippen molar-refractivity contribution in [2.24, 2.45) is 0 Å². The molecule has 2 aromatic carbocycles. The van der Waals surface area contributed by atoms with Crippen LogP contribution in [0.3, 0.4) is 0 Å². The van der Waals surface area contributed by atoms with Gasteiger partial charge in [0.2, 0.25) is 0 Å². The van der Waals surface area contributed by atoms with Crippen LogP contribution in [0.2, 0.25) is 0 Å². The number of hydrogen-bond donors (Lipinski definition) is 1. The first kappa shape index (κ1) is 34.5. The smallest absolute Gasteiger partial charge is 0.416 e. The molecular formula is C30H30F7N3O4S. The molecule has 3 aromatic rings. The molecular weight excluding hydrogens is 631 g/mol. The molecule has 2 atom stereocenters. The van der Waals surface area contributed by atoms with Gasteiger partial charge in [-0.25, -0.2) is 18.4 Å². The van der Waals surface area contributed by atoms with Crippen LogP contribution in [0.15, 0.2) is 79.4 Å².